The highest BCUT2D eigenvalue weighted by atomic mass is 16.5. The number of esters is 1. The normalized spacial score (nSPS) is 11.9. The summed E-state index contributed by atoms with van der Waals surface area (Å²) in [4.78, 5) is 17.3. The molecule has 4 aromatic rings. The number of ether oxygens (including phenoxy) is 1. The van der Waals surface area contributed by atoms with E-state index in [1.54, 1.807) is 12.1 Å². The fourth-order valence-electron chi connectivity index (χ4n) is 4.58. The second kappa shape index (κ2) is 14.8. The van der Waals surface area contributed by atoms with Gasteiger partial charge in [-0.15, -0.1) is 0 Å². The monoisotopic (exact) mass is 517 g/mol. The van der Waals surface area contributed by atoms with Crippen molar-refractivity contribution in [2.75, 3.05) is 0 Å². The molecule has 1 atom stereocenters. The van der Waals surface area contributed by atoms with Crippen LogP contribution in [-0.2, 0) is 6.42 Å². The molecule has 0 saturated carbocycles. The van der Waals surface area contributed by atoms with Gasteiger partial charge in [-0.25, -0.2) is 4.79 Å². The van der Waals surface area contributed by atoms with E-state index in [9.17, 15) is 4.79 Å². The van der Waals surface area contributed by atoms with Crippen LogP contribution < -0.4 is 4.74 Å². The fraction of sp³-hybridized carbons (Fsp3) is 0.278. The van der Waals surface area contributed by atoms with Gasteiger partial charge in [0.15, 0.2) is 0 Å². The highest BCUT2D eigenvalue weighted by Crippen LogP contribution is 2.22. The van der Waals surface area contributed by atoms with E-state index in [4.69, 9.17) is 4.74 Å². The number of carbonyl (C=O) groups is 1. The van der Waals surface area contributed by atoms with E-state index in [2.05, 4.69) is 55.2 Å². The zero-order chi connectivity index (χ0) is 27.3. The molecule has 0 N–H and O–H groups in total. The van der Waals surface area contributed by atoms with Crippen LogP contribution in [0.5, 0.6) is 5.75 Å². The SMILES string of the molecule is CCCCCCCCc1ccc(-c2ccc(C(=O)Oc3ccc(C=NC(C)c4ccccc4)cc3)cc2)cc1. The minimum absolute atomic E-state index is 0.0784. The number of nitrogens with zero attached hydrogens (tertiary/aromatic N) is 1. The van der Waals surface area contributed by atoms with Crippen molar-refractivity contribution in [2.24, 2.45) is 4.99 Å². The Morgan fingerprint density at radius 1 is 0.744 bits per heavy atom. The lowest BCUT2D eigenvalue weighted by Crippen LogP contribution is -2.08. The summed E-state index contributed by atoms with van der Waals surface area (Å²) in [5.74, 6) is 0.147. The minimum Gasteiger partial charge on any atom is -0.423 e. The second-order valence-corrected chi connectivity index (χ2v) is 10.1. The Bertz CT molecular complexity index is 1310. The highest BCUT2D eigenvalue weighted by molar-refractivity contribution is 5.91. The van der Waals surface area contributed by atoms with Gasteiger partial charge in [-0.1, -0.05) is 106 Å². The van der Waals surface area contributed by atoms with Gasteiger partial charge in [0.1, 0.15) is 5.75 Å². The maximum Gasteiger partial charge on any atom is 0.343 e. The number of hydrogen-bond donors (Lipinski definition) is 0. The standard InChI is InChI=1S/C36H39NO2/c1-3-4-5-6-7-9-12-29-15-19-32(20-16-29)33-21-23-34(24-22-33)36(38)39-35-25-17-30(18-26-35)27-37-28(2)31-13-10-8-11-14-31/h8,10-11,13-28H,3-7,9,12H2,1-2H3. The lowest BCUT2D eigenvalue weighted by molar-refractivity contribution is 0.0735. The predicted octanol–water partition coefficient (Wildman–Crippen LogP) is 9.66. The van der Waals surface area contributed by atoms with Crippen molar-refractivity contribution < 1.29 is 9.53 Å². The van der Waals surface area contributed by atoms with Crippen LogP contribution in [0, 0.1) is 0 Å². The lowest BCUT2D eigenvalue weighted by Gasteiger charge is -2.08. The Balaban J connectivity index is 1.27. The number of aryl methyl sites for hydroxylation is 1. The van der Waals surface area contributed by atoms with E-state index in [1.165, 1.54) is 49.7 Å². The number of rotatable bonds is 13. The van der Waals surface area contributed by atoms with E-state index in [0.29, 0.717) is 11.3 Å². The Kier molecular flexibility index (Phi) is 10.7. The summed E-state index contributed by atoms with van der Waals surface area (Å²) in [5, 5.41) is 0. The Labute approximate surface area is 233 Å². The summed E-state index contributed by atoms with van der Waals surface area (Å²) in [5.41, 5.74) is 6.29. The molecular formula is C36H39NO2. The van der Waals surface area contributed by atoms with Gasteiger partial charge in [-0.05, 0) is 84.0 Å². The molecule has 0 bridgehead atoms. The van der Waals surface area contributed by atoms with Crippen molar-refractivity contribution in [3.05, 3.63) is 125 Å². The van der Waals surface area contributed by atoms with Crippen LogP contribution in [0.15, 0.2) is 108 Å². The van der Waals surface area contributed by atoms with Crippen LogP contribution in [0.4, 0.5) is 0 Å². The molecule has 0 aliphatic heterocycles. The summed E-state index contributed by atoms with van der Waals surface area (Å²) in [6.45, 7) is 4.32. The molecule has 0 spiro atoms. The molecule has 4 rings (SSSR count). The number of benzene rings is 4. The average Bonchev–Trinajstić information content (AvgIpc) is 2.99. The molecule has 200 valence electrons. The number of unbranched alkanes of at least 4 members (excludes halogenated alkanes) is 5. The van der Waals surface area contributed by atoms with Gasteiger partial charge in [0.2, 0.25) is 0 Å². The molecule has 0 aromatic heterocycles. The first kappa shape index (κ1) is 28.0. The molecule has 0 aliphatic rings. The fourth-order valence-corrected chi connectivity index (χ4v) is 4.58. The van der Waals surface area contributed by atoms with Crippen molar-refractivity contribution >= 4 is 12.2 Å². The van der Waals surface area contributed by atoms with Crippen LogP contribution in [0.2, 0.25) is 0 Å². The number of carbonyl (C=O) groups excluding carboxylic acids is 1. The lowest BCUT2D eigenvalue weighted by atomic mass is 10.00. The summed E-state index contributed by atoms with van der Waals surface area (Å²) < 4.78 is 5.60. The molecule has 0 radical (unpaired) electrons. The molecule has 4 aromatic carbocycles. The largest absolute Gasteiger partial charge is 0.423 e. The van der Waals surface area contributed by atoms with Crippen LogP contribution in [0.1, 0.15) is 85.5 Å². The number of hydrogen-bond acceptors (Lipinski definition) is 3. The second-order valence-electron chi connectivity index (χ2n) is 10.1. The van der Waals surface area contributed by atoms with Gasteiger partial charge in [0.05, 0.1) is 11.6 Å². The zero-order valence-electron chi connectivity index (χ0n) is 23.2. The summed E-state index contributed by atoms with van der Waals surface area (Å²) in [7, 11) is 0. The van der Waals surface area contributed by atoms with Crippen LogP contribution in [0.3, 0.4) is 0 Å². The third-order valence-corrected chi connectivity index (χ3v) is 7.05. The van der Waals surface area contributed by atoms with Crippen LogP contribution >= 0.6 is 0 Å². The summed E-state index contributed by atoms with van der Waals surface area (Å²) in [6.07, 6.45) is 10.9. The molecule has 3 heteroatoms. The van der Waals surface area contributed by atoms with E-state index in [-0.39, 0.29) is 12.0 Å². The summed E-state index contributed by atoms with van der Waals surface area (Å²) >= 11 is 0. The van der Waals surface area contributed by atoms with Gasteiger partial charge >= 0.3 is 5.97 Å². The molecule has 3 nitrogen and oxygen atoms in total. The molecule has 1 unspecified atom stereocenters. The first-order valence-corrected chi connectivity index (χ1v) is 14.2. The Morgan fingerprint density at radius 2 is 1.36 bits per heavy atom. The zero-order valence-corrected chi connectivity index (χ0v) is 23.2. The van der Waals surface area contributed by atoms with Gasteiger partial charge in [0.25, 0.3) is 0 Å². The first-order chi connectivity index (χ1) is 19.1. The molecule has 0 saturated heterocycles. The van der Waals surface area contributed by atoms with Crippen LogP contribution in [-0.4, -0.2) is 12.2 Å². The quantitative estimate of drug-likeness (QED) is 0.0766. The third kappa shape index (κ3) is 8.78. The number of aliphatic imine (C=N–C) groups is 1. The Hall–Kier alpha value is -3.98. The van der Waals surface area contributed by atoms with Crippen molar-refractivity contribution in [3.63, 3.8) is 0 Å². The topological polar surface area (TPSA) is 38.7 Å². The van der Waals surface area contributed by atoms with Gasteiger partial charge in [0, 0.05) is 6.21 Å². The van der Waals surface area contributed by atoms with E-state index in [0.717, 1.165) is 23.1 Å². The molecule has 0 amide bonds. The maximum atomic E-state index is 12.7. The molecule has 0 heterocycles. The highest BCUT2D eigenvalue weighted by Gasteiger charge is 2.09. The predicted molar refractivity (Wildman–Crippen MR) is 163 cm³/mol. The van der Waals surface area contributed by atoms with Crippen molar-refractivity contribution in [1.82, 2.24) is 0 Å². The molecule has 0 fully saturated rings. The Morgan fingerprint density at radius 3 is 2.03 bits per heavy atom. The smallest absolute Gasteiger partial charge is 0.343 e. The average molecular weight is 518 g/mol. The van der Waals surface area contributed by atoms with Crippen LogP contribution in [0.25, 0.3) is 11.1 Å². The molecule has 0 aliphatic carbocycles. The van der Waals surface area contributed by atoms with Crippen molar-refractivity contribution in [3.8, 4) is 16.9 Å². The van der Waals surface area contributed by atoms with Gasteiger partial charge < -0.3 is 4.74 Å². The molecule has 39 heavy (non-hydrogen) atoms. The van der Waals surface area contributed by atoms with Gasteiger partial charge in [-0.2, -0.15) is 0 Å². The third-order valence-electron chi connectivity index (χ3n) is 7.05. The molecular weight excluding hydrogens is 478 g/mol. The van der Waals surface area contributed by atoms with E-state index in [1.807, 2.05) is 60.8 Å². The van der Waals surface area contributed by atoms with Crippen molar-refractivity contribution in [2.45, 2.75) is 64.8 Å². The maximum absolute atomic E-state index is 12.7. The van der Waals surface area contributed by atoms with E-state index < -0.39 is 0 Å². The minimum atomic E-state index is -0.366. The summed E-state index contributed by atoms with van der Waals surface area (Å²) in [6, 6.07) is 34.1. The first-order valence-electron chi connectivity index (χ1n) is 14.2. The van der Waals surface area contributed by atoms with Crippen molar-refractivity contribution in [1.29, 1.82) is 0 Å². The van der Waals surface area contributed by atoms with E-state index >= 15 is 0 Å². The van der Waals surface area contributed by atoms with Gasteiger partial charge in [-0.3, -0.25) is 4.99 Å².